The first-order valence-corrected chi connectivity index (χ1v) is 13.5. The summed E-state index contributed by atoms with van der Waals surface area (Å²) in [6.45, 7) is 8.41. The van der Waals surface area contributed by atoms with Gasteiger partial charge in [0.25, 0.3) is 0 Å². The molecule has 2 aromatic carbocycles. The minimum atomic E-state index is -0.815. The molecule has 0 spiro atoms. The molecule has 2 fully saturated rings. The van der Waals surface area contributed by atoms with Crippen LogP contribution in [0.2, 0.25) is 10.0 Å². The summed E-state index contributed by atoms with van der Waals surface area (Å²) in [7, 11) is 0. The highest BCUT2D eigenvalue weighted by atomic mass is 35.5. The van der Waals surface area contributed by atoms with E-state index in [0.717, 1.165) is 75.3 Å². The fourth-order valence-corrected chi connectivity index (χ4v) is 5.93. The third-order valence-electron chi connectivity index (χ3n) is 7.80. The molecule has 1 N–H and O–H groups in total. The van der Waals surface area contributed by atoms with Crippen LogP contribution in [0.5, 0.6) is 5.75 Å². The highest BCUT2D eigenvalue weighted by Gasteiger charge is 2.35. The van der Waals surface area contributed by atoms with Crippen molar-refractivity contribution in [2.24, 2.45) is 5.92 Å². The Kier molecular flexibility index (Phi) is 9.15. The molecule has 2 atom stereocenters. The third-order valence-corrected chi connectivity index (χ3v) is 8.70. The predicted molar refractivity (Wildman–Crippen MR) is 142 cm³/mol. The Bertz CT molecular complexity index is 1040. The molecule has 8 heteroatoms. The van der Waals surface area contributed by atoms with E-state index in [1.165, 1.54) is 12.1 Å². The zero-order valence-electron chi connectivity index (χ0n) is 20.9. The molecule has 2 heterocycles. The van der Waals surface area contributed by atoms with Gasteiger partial charge >= 0.3 is 5.97 Å². The van der Waals surface area contributed by atoms with Gasteiger partial charge in [-0.1, -0.05) is 42.3 Å². The molecule has 2 aromatic rings. The zero-order valence-corrected chi connectivity index (χ0v) is 22.4. The normalized spacial score (nSPS) is 20.2. The quantitative estimate of drug-likeness (QED) is 0.431. The lowest BCUT2D eigenvalue weighted by Crippen LogP contribution is -2.50. The number of benzene rings is 2. The first-order chi connectivity index (χ1) is 17.2. The molecule has 0 amide bonds. The first kappa shape index (κ1) is 27.2. The lowest BCUT2D eigenvalue weighted by molar-refractivity contribution is -0.144. The average molecular weight is 538 g/mol. The number of nitrogens with zero attached hydrogens (tertiary/aromatic N) is 2. The second kappa shape index (κ2) is 12.1. The summed E-state index contributed by atoms with van der Waals surface area (Å²) < 4.78 is 19.6. The standard InChI is InChI=1S/C28H35Cl2FN2O3/c1-18(21-3-5-22(31)6-4-21)27(28(34)35)33-15-9-20(10-16-33)17-32-13-11-23(12-14-32)36-25-8-7-24(29)26(30)19(25)2/h3-8,18,20,23,27H,9-17H2,1-2H3,(H,34,35)/t18?,27-/m0/s1. The van der Waals surface area contributed by atoms with E-state index >= 15 is 0 Å². The molecule has 1 unspecified atom stereocenters. The molecule has 196 valence electrons. The van der Waals surface area contributed by atoms with E-state index < -0.39 is 12.0 Å². The van der Waals surface area contributed by atoms with Gasteiger partial charge in [-0.25, -0.2) is 4.39 Å². The largest absolute Gasteiger partial charge is 0.490 e. The van der Waals surface area contributed by atoms with Crippen molar-refractivity contribution < 1.29 is 19.0 Å². The third kappa shape index (κ3) is 6.52. The topological polar surface area (TPSA) is 53.0 Å². The molecule has 0 aliphatic carbocycles. The number of carboxylic acids is 1. The molecule has 0 bridgehead atoms. The van der Waals surface area contributed by atoms with Crippen LogP contribution in [-0.4, -0.2) is 65.7 Å². The number of piperidine rings is 2. The van der Waals surface area contributed by atoms with Gasteiger partial charge < -0.3 is 14.7 Å². The number of ether oxygens (including phenoxy) is 1. The van der Waals surface area contributed by atoms with Crippen LogP contribution in [0.15, 0.2) is 36.4 Å². The molecule has 36 heavy (non-hydrogen) atoms. The fraction of sp³-hybridized carbons (Fsp3) is 0.536. The SMILES string of the molecule is Cc1c(OC2CCN(CC3CCN([C@H](C(=O)O)C(C)c4ccc(F)cc4)CC3)CC2)ccc(Cl)c1Cl. The van der Waals surface area contributed by atoms with Gasteiger partial charge in [-0.2, -0.15) is 0 Å². The number of carbonyl (C=O) groups is 1. The van der Waals surface area contributed by atoms with E-state index in [-0.39, 0.29) is 17.8 Å². The van der Waals surface area contributed by atoms with E-state index in [0.29, 0.717) is 16.0 Å². The number of hydrogen-bond acceptors (Lipinski definition) is 4. The lowest BCUT2D eigenvalue weighted by Gasteiger charge is -2.40. The number of rotatable bonds is 8. The van der Waals surface area contributed by atoms with Crippen molar-refractivity contribution in [3.8, 4) is 5.75 Å². The number of halogens is 3. The predicted octanol–water partition coefficient (Wildman–Crippen LogP) is 6.25. The Morgan fingerprint density at radius 2 is 1.69 bits per heavy atom. The summed E-state index contributed by atoms with van der Waals surface area (Å²) in [4.78, 5) is 16.7. The Labute approximate surface area is 223 Å². The second-order valence-electron chi connectivity index (χ2n) is 10.2. The van der Waals surface area contributed by atoms with Crippen LogP contribution in [0.1, 0.15) is 49.7 Å². The summed E-state index contributed by atoms with van der Waals surface area (Å²) >= 11 is 12.4. The summed E-state index contributed by atoms with van der Waals surface area (Å²) in [5, 5.41) is 11.1. The molecule has 0 radical (unpaired) electrons. The van der Waals surface area contributed by atoms with Gasteiger partial charge in [-0.15, -0.1) is 0 Å². The molecule has 2 aliphatic heterocycles. The van der Waals surface area contributed by atoms with Crippen molar-refractivity contribution in [1.82, 2.24) is 9.80 Å². The molecule has 5 nitrogen and oxygen atoms in total. The van der Waals surface area contributed by atoms with Gasteiger partial charge in [-0.3, -0.25) is 9.69 Å². The second-order valence-corrected chi connectivity index (χ2v) is 11.0. The van der Waals surface area contributed by atoms with Gasteiger partial charge in [0.1, 0.15) is 23.7 Å². The van der Waals surface area contributed by atoms with E-state index in [4.69, 9.17) is 27.9 Å². The molecule has 2 aliphatic rings. The van der Waals surface area contributed by atoms with Crippen molar-refractivity contribution in [2.45, 2.75) is 57.6 Å². The summed E-state index contributed by atoms with van der Waals surface area (Å²) in [6.07, 6.45) is 4.07. The smallest absolute Gasteiger partial charge is 0.321 e. The summed E-state index contributed by atoms with van der Waals surface area (Å²) in [5.74, 6) is 0.0331. The van der Waals surface area contributed by atoms with Crippen LogP contribution in [0.25, 0.3) is 0 Å². The first-order valence-electron chi connectivity index (χ1n) is 12.8. The number of hydrogen-bond donors (Lipinski definition) is 1. The van der Waals surface area contributed by atoms with E-state index in [9.17, 15) is 14.3 Å². The molecular weight excluding hydrogens is 502 g/mol. The maximum Gasteiger partial charge on any atom is 0.321 e. The maximum absolute atomic E-state index is 13.3. The molecular formula is C28H35Cl2FN2O3. The highest BCUT2D eigenvalue weighted by Crippen LogP contribution is 2.34. The Morgan fingerprint density at radius 1 is 1.06 bits per heavy atom. The van der Waals surface area contributed by atoms with Gasteiger partial charge in [-0.05, 0) is 81.4 Å². The summed E-state index contributed by atoms with van der Waals surface area (Å²) in [6, 6.07) is 9.26. The number of aliphatic carboxylic acids is 1. The van der Waals surface area contributed by atoms with Crippen LogP contribution in [0.3, 0.4) is 0 Å². The maximum atomic E-state index is 13.3. The monoisotopic (exact) mass is 536 g/mol. The minimum Gasteiger partial charge on any atom is -0.490 e. The van der Waals surface area contributed by atoms with Crippen molar-refractivity contribution in [3.05, 3.63) is 63.4 Å². The van der Waals surface area contributed by atoms with E-state index in [1.54, 1.807) is 18.2 Å². The Morgan fingerprint density at radius 3 is 2.31 bits per heavy atom. The van der Waals surface area contributed by atoms with E-state index in [1.807, 2.05) is 19.9 Å². The van der Waals surface area contributed by atoms with Crippen LogP contribution < -0.4 is 4.74 Å². The Balaban J connectivity index is 1.24. The molecule has 2 saturated heterocycles. The zero-order chi connectivity index (χ0) is 25.8. The average Bonchev–Trinajstić information content (AvgIpc) is 2.87. The highest BCUT2D eigenvalue weighted by molar-refractivity contribution is 6.42. The van der Waals surface area contributed by atoms with Gasteiger partial charge in [0, 0.05) is 31.1 Å². The van der Waals surface area contributed by atoms with Gasteiger partial charge in [0.05, 0.1) is 10.0 Å². The van der Waals surface area contributed by atoms with Crippen molar-refractivity contribution in [1.29, 1.82) is 0 Å². The van der Waals surface area contributed by atoms with Crippen LogP contribution >= 0.6 is 23.2 Å². The number of likely N-dealkylation sites (tertiary alicyclic amines) is 2. The molecule has 0 saturated carbocycles. The van der Waals surface area contributed by atoms with Crippen molar-refractivity contribution >= 4 is 29.2 Å². The number of carboxylic acid groups (broad SMARTS) is 1. The van der Waals surface area contributed by atoms with E-state index in [2.05, 4.69) is 9.80 Å². The summed E-state index contributed by atoms with van der Waals surface area (Å²) in [5.41, 5.74) is 1.74. The van der Waals surface area contributed by atoms with Crippen LogP contribution in [-0.2, 0) is 4.79 Å². The lowest BCUT2D eigenvalue weighted by atomic mass is 9.88. The minimum absolute atomic E-state index is 0.170. The van der Waals surface area contributed by atoms with Crippen molar-refractivity contribution in [3.63, 3.8) is 0 Å². The van der Waals surface area contributed by atoms with Crippen molar-refractivity contribution in [2.75, 3.05) is 32.7 Å². The van der Waals surface area contributed by atoms with Crippen LogP contribution in [0, 0.1) is 18.7 Å². The van der Waals surface area contributed by atoms with Crippen LogP contribution in [0.4, 0.5) is 4.39 Å². The molecule has 4 rings (SSSR count). The molecule has 0 aromatic heterocycles. The Hall–Kier alpha value is -1.86. The fourth-order valence-electron chi connectivity index (χ4n) is 5.56. The van der Waals surface area contributed by atoms with Gasteiger partial charge in [0.15, 0.2) is 0 Å². The van der Waals surface area contributed by atoms with Gasteiger partial charge in [0.2, 0.25) is 0 Å².